The van der Waals surface area contributed by atoms with E-state index in [1.54, 1.807) is 11.8 Å². The van der Waals surface area contributed by atoms with Crippen LogP contribution in [-0.4, -0.2) is 23.5 Å². The summed E-state index contributed by atoms with van der Waals surface area (Å²) >= 11 is 1.57. The Bertz CT molecular complexity index is 391. The molecule has 1 aromatic rings. The average molecular weight is 235 g/mol. The van der Waals surface area contributed by atoms with Gasteiger partial charge in [0.1, 0.15) is 0 Å². The van der Waals surface area contributed by atoms with E-state index in [-0.39, 0.29) is 6.03 Å². The highest BCUT2D eigenvalue weighted by Gasteiger charge is 2.09. The van der Waals surface area contributed by atoms with Crippen LogP contribution in [0.4, 0.5) is 4.79 Å². The highest BCUT2D eigenvalue weighted by molar-refractivity contribution is 8.14. The molecule has 0 fully saturated rings. The van der Waals surface area contributed by atoms with Gasteiger partial charge in [-0.3, -0.25) is 10.3 Å². The molecule has 4 nitrogen and oxygen atoms in total. The van der Waals surface area contributed by atoms with Crippen molar-refractivity contribution in [1.29, 1.82) is 0 Å². The molecule has 2 N–H and O–H groups in total. The Morgan fingerprint density at radius 1 is 1.38 bits per heavy atom. The van der Waals surface area contributed by atoms with Crippen molar-refractivity contribution in [2.45, 2.75) is 6.54 Å². The predicted octanol–water partition coefficient (Wildman–Crippen LogP) is 1.59. The summed E-state index contributed by atoms with van der Waals surface area (Å²) in [7, 11) is 0. The summed E-state index contributed by atoms with van der Waals surface area (Å²) in [6.45, 7) is 1.32. The van der Waals surface area contributed by atoms with Crippen LogP contribution in [0.1, 0.15) is 5.56 Å². The minimum absolute atomic E-state index is 0.197. The zero-order chi connectivity index (χ0) is 11.2. The van der Waals surface area contributed by atoms with E-state index >= 15 is 0 Å². The Labute approximate surface area is 98.5 Å². The molecule has 84 valence electrons. The number of amides is 2. The first-order valence-corrected chi connectivity index (χ1v) is 6.09. The number of thioether (sulfide) groups is 1. The van der Waals surface area contributed by atoms with Crippen LogP contribution < -0.4 is 10.6 Å². The third kappa shape index (κ3) is 3.27. The van der Waals surface area contributed by atoms with E-state index in [0.29, 0.717) is 11.7 Å². The average Bonchev–Trinajstić information content (AvgIpc) is 2.81. The SMILES string of the molecule is O=C(NCc1ccccc1)NC1=NCCS1. The van der Waals surface area contributed by atoms with E-state index < -0.39 is 0 Å². The molecule has 0 radical (unpaired) electrons. The molecule has 0 atom stereocenters. The molecule has 0 saturated heterocycles. The number of carbonyl (C=O) groups excluding carboxylic acids is 1. The molecule has 2 rings (SSSR count). The van der Waals surface area contributed by atoms with Crippen LogP contribution in [0.2, 0.25) is 0 Å². The van der Waals surface area contributed by atoms with E-state index in [0.717, 1.165) is 17.9 Å². The number of carbonyl (C=O) groups is 1. The quantitative estimate of drug-likeness (QED) is 0.818. The van der Waals surface area contributed by atoms with Gasteiger partial charge in [-0.2, -0.15) is 0 Å². The summed E-state index contributed by atoms with van der Waals surface area (Å²) in [5, 5.41) is 6.21. The van der Waals surface area contributed by atoms with Gasteiger partial charge in [-0.05, 0) is 5.56 Å². The summed E-state index contributed by atoms with van der Waals surface area (Å²) in [5.74, 6) is 0.953. The maximum absolute atomic E-state index is 11.5. The van der Waals surface area contributed by atoms with Crippen molar-refractivity contribution in [3.63, 3.8) is 0 Å². The van der Waals surface area contributed by atoms with Gasteiger partial charge in [-0.25, -0.2) is 4.79 Å². The van der Waals surface area contributed by atoms with Gasteiger partial charge in [0.2, 0.25) is 0 Å². The number of urea groups is 1. The van der Waals surface area contributed by atoms with Crippen LogP contribution in [0.25, 0.3) is 0 Å². The Kier molecular flexibility index (Phi) is 3.82. The van der Waals surface area contributed by atoms with Crippen LogP contribution in [-0.2, 0) is 6.54 Å². The lowest BCUT2D eigenvalue weighted by atomic mass is 10.2. The second-order valence-corrected chi connectivity index (χ2v) is 4.41. The van der Waals surface area contributed by atoms with Crippen LogP contribution in [0, 0.1) is 0 Å². The molecule has 1 aliphatic rings. The van der Waals surface area contributed by atoms with Gasteiger partial charge in [0.25, 0.3) is 0 Å². The summed E-state index contributed by atoms with van der Waals surface area (Å²) in [6, 6.07) is 9.60. The predicted molar refractivity (Wildman–Crippen MR) is 66.6 cm³/mol. The molecule has 1 aliphatic heterocycles. The lowest BCUT2D eigenvalue weighted by Gasteiger charge is -2.06. The number of hydrogen-bond acceptors (Lipinski definition) is 3. The van der Waals surface area contributed by atoms with E-state index in [9.17, 15) is 4.79 Å². The molecule has 0 bridgehead atoms. The monoisotopic (exact) mass is 235 g/mol. The standard InChI is InChI=1S/C11H13N3OS/c15-10(14-11-12-6-7-16-11)13-8-9-4-2-1-3-5-9/h1-5H,6-8H2,(H2,12,13,14,15). The fraction of sp³-hybridized carbons (Fsp3) is 0.273. The van der Waals surface area contributed by atoms with E-state index in [4.69, 9.17) is 0 Å². The van der Waals surface area contributed by atoms with Crippen molar-refractivity contribution in [2.24, 2.45) is 4.99 Å². The van der Waals surface area contributed by atoms with Crippen molar-refractivity contribution < 1.29 is 4.79 Å². The number of benzene rings is 1. The topological polar surface area (TPSA) is 53.5 Å². The van der Waals surface area contributed by atoms with E-state index in [1.807, 2.05) is 30.3 Å². The molecule has 0 aliphatic carbocycles. The number of amidine groups is 1. The number of hydrogen-bond donors (Lipinski definition) is 2. The molecule has 0 saturated carbocycles. The molecule has 0 aromatic heterocycles. The second-order valence-electron chi connectivity index (χ2n) is 3.33. The molecule has 1 aromatic carbocycles. The molecule has 16 heavy (non-hydrogen) atoms. The van der Waals surface area contributed by atoms with Gasteiger partial charge in [-0.1, -0.05) is 42.1 Å². The Balaban J connectivity index is 1.75. The van der Waals surface area contributed by atoms with Crippen LogP contribution in [0.5, 0.6) is 0 Å². The zero-order valence-corrected chi connectivity index (χ0v) is 9.59. The second kappa shape index (κ2) is 5.55. The van der Waals surface area contributed by atoms with Crippen molar-refractivity contribution >= 4 is 23.0 Å². The van der Waals surface area contributed by atoms with Crippen LogP contribution in [0.3, 0.4) is 0 Å². The van der Waals surface area contributed by atoms with Crippen molar-refractivity contribution in [3.8, 4) is 0 Å². The zero-order valence-electron chi connectivity index (χ0n) is 8.77. The summed E-state index contributed by atoms with van der Waals surface area (Å²) in [5.41, 5.74) is 1.08. The van der Waals surface area contributed by atoms with Crippen molar-refractivity contribution in [2.75, 3.05) is 12.3 Å². The number of aliphatic imine (C=N–C) groups is 1. The third-order valence-corrected chi connectivity index (χ3v) is 2.99. The molecule has 5 heteroatoms. The van der Waals surface area contributed by atoms with Gasteiger partial charge in [-0.15, -0.1) is 0 Å². The van der Waals surface area contributed by atoms with E-state index in [1.165, 1.54) is 0 Å². The molecular weight excluding hydrogens is 222 g/mol. The van der Waals surface area contributed by atoms with Gasteiger partial charge < -0.3 is 5.32 Å². The largest absolute Gasteiger partial charge is 0.334 e. The van der Waals surface area contributed by atoms with Crippen LogP contribution in [0.15, 0.2) is 35.3 Å². The fourth-order valence-electron chi connectivity index (χ4n) is 1.33. The Morgan fingerprint density at radius 3 is 2.88 bits per heavy atom. The van der Waals surface area contributed by atoms with E-state index in [2.05, 4.69) is 15.6 Å². The first-order chi connectivity index (χ1) is 7.84. The molecule has 0 spiro atoms. The molecule has 2 amide bonds. The molecule has 0 unspecified atom stereocenters. The lowest BCUT2D eigenvalue weighted by Crippen LogP contribution is -2.37. The minimum atomic E-state index is -0.197. The Morgan fingerprint density at radius 2 is 2.19 bits per heavy atom. The minimum Gasteiger partial charge on any atom is -0.334 e. The number of nitrogens with one attached hydrogen (secondary N) is 2. The van der Waals surface area contributed by atoms with Gasteiger partial charge in [0, 0.05) is 12.3 Å². The normalized spacial score (nSPS) is 14.4. The smallest absolute Gasteiger partial charge is 0.321 e. The lowest BCUT2D eigenvalue weighted by molar-refractivity contribution is 0.245. The van der Waals surface area contributed by atoms with Gasteiger partial charge in [0.05, 0.1) is 6.54 Å². The van der Waals surface area contributed by atoms with Crippen molar-refractivity contribution in [3.05, 3.63) is 35.9 Å². The molecule has 1 heterocycles. The fourth-order valence-corrected chi connectivity index (χ4v) is 2.05. The first kappa shape index (κ1) is 11.0. The number of rotatable bonds is 2. The summed E-state index contributed by atoms with van der Waals surface area (Å²) < 4.78 is 0. The van der Waals surface area contributed by atoms with Crippen LogP contribution >= 0.6 is 11.8 Å². The maximum atomic E-state index is 11.5. The highest BCUT2D eigenvalue weighted by Crippen LogP contribution is 2.08. The first-order valence-electron chi connectivity index (χ1n) is 5.10. The van der Waals surface area contributed by atoms with Crippen molar-refractivity contribution in [1.82, 2.24) is 10.6 Å². The summed E-state index contributed by atoms with van der Waals surface area (Å²) in [4.78, 5) is 15.6. The van der Waals surface area contributed by atoms with Gasteiger partial charge in [0.15, 0.2) is 5.17 Å². The maximum Gasteiger partial charge on any atom is 0.321 e. The summed E-state index contributed by atoms with van der Waals surface area (Å²) in [6.07, 6.45) is 0. The van der Waals surface area contributed by atoms with Gasteiger partial charge >= 0.3 is 6.03 Å². The highest BCUT2D eigenvalue weighted by atomic mass is 32.2. The molecular formula is C11H13N3OS. The Hall–Kier alpha value is -1.49. The number of nitrogens with zero attached hydrogens (tertiary/aromatic N) is 1. The third-order valence-electron chi connectivity index (χ3n) is 2.10.